The number of amides is 1. The van der Waals surface area contributed by atoms with Crippen LogP contribution in [0.2, 0.25) is 0 Å². The van der Waals surface area contributed by atoms with E-state index in [-0.39, 0.29) is 12.5 Å². The van der Waals surface area contributed by atoms with Crippen LogP contribution < -0.4 is 14.5 Å². The average Bonchev–Trinajstić information content (AvgIpc) is 2.96. The standard InChI is InChI=1S/C21H18BrN3O3/c1-3-27-19-13-15(12-18(22)20(19)28-10-9-23)11-17-14(2)24-25(21(17)26)16-7-5-4-6-8-16/h4-8,11-13H,3,10H2,1-2H3/b17-11+. The fourth-order valence-electron chi connectivity index (χ4n) is 2.77. The van der Waals surface area contributed by atoms with Crippen LogP contribution in [0.3, 0.4) is 0 Å². The second-order valence-corrected chi connectivity index (χ2v) is 6.76. The van der Waals surface area contributed by atoms with E-state index in [1.54, 1.807) is 19.1 Å². The first-order valence-corrected chi connectivity index (χ1v) is 9.47. The van der Waals surface area contributed by atoms with Gasteiger partial charge in [0.15, 0.2) is 18.1 Å². The first kappa shape index (κ1) is 19.6. The van der Waals surface area contributed by atoms with Gasteiger partial charge in [-0.3, -0.25) is 4.79 Å². The summed E-state index contributed by atoms with van der Waals surface area (Å²) in [4.78, 5) is 12.9. The fourth-order valence-corrected chi connectivity index (χ4v) is 3.35. The highest BCUT2D eigenvalue weighted by Gasteiger charge is 2.28. The van der Waals surface area contributed by atoms with Gasteiger partial charge in [0.2, 0.25) is 0 Å². The summed E-state index contributed by atoms with van der Waals surface area (Å²) < 4.78 is 11.7. The normalized spacial score (nSPS) is 14.8. The summed E-state index contributed by atoms with van der Waals surface area (Å²) in [5.41, 5.74) is 2.61. The third-order valence-electron chi connectivity index (χ3n) is 3.99. The van der Waals surface area contributed by atoms with Crippen LogP contribution in [0.15, 0.2) is 57.6 Å². The molecule has 1 aliphatic rings. The zero-order chi connectivity index (χ0) is 20.1. The lowest BCUT2D eigenvalue weighted by Gasteiger charge is -2.13. The molecule has 28 heavy (non-hydrogen) atoms. The van der Waals surface area contributed by atoms with Crippen molar-refractivity contribution in [3.05, 3.63) is 58.1 Å². The molecule has 0 bridgehead atoms. The molecule has 3 rings (SSSR count). The summed E-state index contributed by atoms with van der Waals surface area (Å²) in [5, 5.41) is 14.5. The molecule has 0 atom stereocenters. The Balaban J connectivity index is 1.96. The van der Waals surface area contributed by atoms with Gasteiger partial charge in [0, 0.05) is 0 Å². The van der Waals surface area contributed by atoms with E-state index in [0.29, 0.717) is 39.6 Å². The summed E-state index contributed by atoms with van der Waals surface area (Å²) in [6, 6.07) is 14.8. The highest BCUT2D eigenvalue weighted by Crippen LogP contribution is 2.38. The van der Waals surface area contributed by atoms with Gasteiger partial charge in [0.05, 0.1) is 28.1 Å². The molecule has 6 nitrogen and oxygen atoms in total. The highest BCUT2D eigenvalue weighted by atomic mass is 79.9. The molecule has 0 unspecified atom stereocenters. The number of hydrogen-bond donors (Lipinski definition) is 0. The number of hydrazone groups is 1. The number of rotatable bonds is 6. The maximum absolute atomic E-state index is 12.9. The maximum Gasteiger partial charge on any atom is 0.280 e. The van der Waals surface area contributed by atoms with E-state index in [9.17, 15) is 4.79 Å². The van der Waals surface area contributed by atoms with Crippen molar-refractivity contribution in [3.8, 4) is 17.6 Å². The Morgan fingerprint density at radius 2 is 2.00 bits per heavy atom. The van der Waals surface area contributed by atoms with Crippen LogP contribution in [0.1, 0.15) is 19.4 Å². The number of carbonyl (C=O) groups excluding carboxylic acids is 1. The van der Waals surface area contributed by atoms with Gasteiger partial charge in [-0.15, -0.1) is 0 Å². The van der Waals surface area contributed by atoms with Crippen molar-refractivity contribution < 1.29 is 14.3 Å². The second kappa shape index (κ2) is 8.72. The fraction of sp³-hybridized carbons (Fsp3) is 0.190. The number of halogens is 1. The predicted molar refractivity (Wildman–Crippen MR) is 111 cm³/mol. The lowest BCUT2D eigenvalue weighted by Crippen LogP contribution is -2.21. The lowest BCUT2D eigenvalue weighted by atomic mass is 10.1. The quantitative estimate of drug-likeness (QED) is 0.618. The van der Waals surface area contributed by atoms with E-state index in [2.05, 4.69) is 21.0 Å². The highest BCUT2D eigenvalue weighted by molar-refractivity contribution is 9.10. The molecular formula is C21H18BrN3O3. The van der Waals surface area contributed by atoms with Crippen LogP contribution in [-0.2, 0) is 4.79 Å². The summed E-state index contributed by atoms with van der Waals surface area (Å²) in [6.45, 7) is 4.02. The molecule has 0 aliphatic carbocycles. The van der Waals surface area contributed by atoms with Crippen molar-refractivity contribution in [2.45, 2.75) is 13.8 Å². The third kappa shape index (κ3) is 4.07. The second-order valence-electron chi connectivity index (χ2n) is 5.91. The molecular weight excluding hydrogens is 422 g/mol. The Bertz CT molecular complexity index is 994. The molecule has 7 heteroatoms. The van der Waals surface area contributed by atoms with Crippen molar-refractivity contribution in [2.24, 2.45) is 5.10 Å². The van der Waals surface area contributed by atoms with Gasteiger partial charge in [-0.25, -0.2) is 0 Å². The van der Waals surface area contributed by atoms with Crippen LogP contribution in [0, 0.1) is 11.3 Å². The number of benzene rings is 2. The number of carbonyl (C=O) groups is 1. The largest absolute Gasteiger partial charge is 0.490 e. The monoisotopic (exact) mass is 439 g/mol. The molecule has 2 aromatic carbocycles. The topological polar surface area (TPSA) is 74.9 Å². The molecule has 0 radical (unpaired) electrons. The summed E-state index contributed by atoms with van der Waals surface area (Å²) >= 11 is 3.46. The molecule has 1 aliphatic heterocycles. The molecule has 0 spiro atoms. The zero-order valence-corrected chi connectivity index (χ0v) is 17.1. The maximum atomic E-state index is 12.9. The molecule has 142 valence electrons. The Hall–Kier alpha value is -3.11. The molecule has 0 saturated carbocycles. The van der Waals surface area contributed by atoms with Crippen molar-refractivity contribution in [3.63, 3.8) is 0 Å². The Morgan fingerprint density at radius 1 is 1.25 bits per heavy atom. The van der Waals surface area contributed by atoms with Gasteiger partial charge in [-0.1, -0.05) is 18.2 Å². The average molecular weight is 440 g/mol. The van der Waals surface area contributed by atoms with Crippen LogP contribution in [0.25, 0.3) is 6.08 Å². The molecule has 1 amide bonds. The number of nitriles is 1. The number of anilines is 1. The van der Waals surface area contributed by atoms with Crippen molar-refractivity contribution in [2.75, 3.05) is 18.2 Å². The molecule has 0 aromatic heterocycles. The summed E-state index contributed by atoms with van der Waals surface area (Å²) in [7, 11) is 0. The van der Waals surface area contributed by atoms with E-state index in [1.165, 1.54) is 5.01 Å². The molecule has 0 N–H and O–H groups in total. The van der Waals surface area contributed by atoms with E-state index in [1.807, 2.05) is 49.4 Å². The van der Waals surface area contributed by atoms with E-state index >= 15 is 0 Å². The minimum Gasteiger partial charge on any atom is -0.490 e. The molecule has 1 heterocycles. The lowest BCUT2D eigenvalue weighted by molar-refractivity contribution is -0.114. The Labute approximate surface area is 171 Å². The number of para-hydroxylation sites is 1. The third-order valence-corrected chi connectivity index (χ3v) is 4.58. The van der Waals surface area contributed by atoms with E-state index < -0.39 is 0 Å². The first-order chi connectivity index (χ1) is 13.5. The van der Waals surface area contributed by atoms with Gasteiger partial charge >= 0.3 is 0 Å². The van der Waals surface area contributed by atoms with Gasteiger partial charge in [-0.05, 0) is 65.7 Å². The summed E-state index contributed by atoms with van der Waals surface area (Å²) in [6.07, 6.45) is 1.77. The molecule has 0 saturated heterocycles. The first-order valence-electron chi connectivity index (χ1n) is 8.68. The molecule has 0 fully saturated rings. The van der Waals surface area contributed by atoms with E-state index in [0.717, 1.165) is 5.56 Å². The van der Waals surface area contributed by atoms with Crippen LogP contribution >= 0.6 is 15.9 Å². The van der Waals surface area contributed by atoms with Gasteiger partial charge in [0.25, 0.3) is 5.91 Å². The van der Waals surface area contributed by atoms with Gasteiger partial charge in [0.1, 0.15) is 6.07 Å². The van der Waals surface area contributed by atoms with Crippen LogP contribution in [0.4, 0.5) is 5.69 Å². The van der Waals surface area contributed by atoms with Crippen molar-refractivity contribution in [1.82, 2.24) is 0 Å². The Morgan fingerprint density at radius 3 is 2.68 bits per heavy atom. The number of ether oxygens (including phenoxy) is 2. The predicted octanol–water partition coefficient (Wildman–Crippen LogP) is 4.56. The SMILES string of the molecule is CCOc1cc(/C=C2/C(=O)N(c3ccccc3)N=C2C)cc(Br)c1OCC#N. The minimum absolute atomic E-state index is 0.0879. The van der Waals surface area contributed by atoms with Gasteiger partial charge in [-0.2, -0.15) is 15.4 Å². The molecule has 2 aromatic rings. The van der Waals surface area contributed by atoms with Crippen LogP contribution in [0.5, 0.6) is 11.5 Å². The number of hydrogen-bond acceptors (Lipinski definition) is 5. The van der Waals surface area contributed by atoms with Crippen molar-refractivity contribution >= 4 is 39.3 Å². The summed E-state index contributed by atoms with van der Waals surface area (Å²) in [5.74, 6) is 0.765. The van der Waals surface area contributed by atoms with Gasteiger partial charge < -0.3 is 9.47 Å². The smallest absolute Gasteiger partial charge is 0.280 e. The van der Waals surface area contributed by atoms with Crippen molar-refractivity contribution in [1.29, 1.82) is 5.26 Å². The Kier molecular flexibility index (Phi) is 6.12. The van der Waals surface area contributed by atoms with E-state index in [4.69, 9.17) is 14.7 Å². The van der Waals surface area contributed by atoms with Crippen LogP contribution in [-0.4, -0.2) is 24.8 Å². The minimum atomic E-state index is -0.192. The zero-order valence-electron chi connectivity index (χ0n) is 15.5. The number of nitrogens with zero attached hydrogens (tertiary/aromatic N) is 3.